The topological polar surface area (TPSA) is 41.3 Å². The molecule has 1 aromatic carbocycles. The molecule has 0 atom stereocenters. The van der Waals surface area contributed by atoms with E-state index in [0.717, 1.165) is 44.2 Å². The van der Waals surface area contributed by atoms with Crippen LogP contribution in [0.2, 0.25) is 0 Å². The van der Waals surface area contributed by atoms with E-state index in [9.17, 15) is 0 Å². The maximum atomic E-state index is 5.50. The van der Waals surface area contributed by atoms with Gasteiger partial charge in [-0.25, -0.2) is 0 Å². The molecule has 1 fully saturated rings. The maximum Gasteiger partial charge on any atom is 0.0367 e. The molecule has 0 radical (unpaired) electrons. The fraction of sp³-hybridized carbons (Fsp3) is 0.529. The first-order valence-electron chi connectivity index (χ1n) is 7.52. The largest absolute Gasteiger partial charge is 0.372 e. The fourth-order valence-electron chi connectivity index (χ4n) is 2.70. The normalized spacial score (nSPS) is 15.8. The van der Waals surface area contributed by atoms with Crippen LogP contribution < -0.4 is 16.0 Å². The molecule has 1 aromatic rings. The van der Waals surface area contributed by atoms with E-state index in [-0.39, 0.29) is 0 Å². The van der Waals surface area contributed by atoms with Gasteiger partial charge >= 0.3 is 0 Å². The molecule has 0 amide bonds. The summed E-state index contributed by atoms with van der Waals surface area (Å²) in [5, 5.41) is 3.42. The second-order valence-electron chi connectivity index (χ2n) is 5.35. The number of hydrogen-bond acceptors (Lipinski definition) is 3. The van der Waals surface area contributed by atoms with Crippen LogP contribution in [0.5, 0.6) is 0 Å². The smallest absolute Gasteiger partial charge is 0.0367 e. The van der Waals surface area contributed by atoms with Crippen molar-refractivity contribution >= 4 is 5.69 Å². The van der Waals surface area contributed by atoms with Gasteiger partial charge in [-0.05, 0) is 56.5 Å². The Labute approximate surface area is 122 Å². The molecule has 0 aliphatic carbocycles. The van der Waals surface area contributed by atoms with Gasteiger partial charge in [0.15, 0.2) is 0 Å². The van der Waals surface area contributed by atoms with Gasteiger partial charge in [0.25, 0.3) is 0 Å². The average Bonchev–Trinajstić information content (AvgIpc) is 2.49. The lowest BCUT2D eigenvalue weighted by Crippen LogP contribution is -2.38. The predicted molar refractivity (Wildman–Crippen MR) is 85.9 cm³/mol. The van der Waals surface area contributed by atoms with Crippen LogP contribution in [0, 0.1) is 17.8 Å². The molecular formula is C17H25N3. The summed E-state index contributed by atoms with van der Waals surface area (Å²) in [4.78, 5) is 2.47. The van der Waals surface area contributed by atoms with Gasteiger partial charge in [0.2, 0.25) is 0 Å². The standard InChI is InChI=1S/C17H25N3/c1-2-3-15-4-6-17(7-5-15)20-12-8-16(9-13-20)14-19-11-10-18/h4-7,16,19H,8-14,18H2,1H3. The third-order valence-corrected chi connectivity index (χ3v) is 3.87. The molecule has 2 rings (SSSR count). The number of nitrogens with one attached hydrogen (secondary N) is 1. The first kappa shape index (κ1) is 14.9. The number of nitrogens with two attached hydrogens (primary N) is 1. The Kier molecular flexibility index (Phi) is 5.91. The highest BCUT2D eigenvalue weighted by molar-refractivity contribution is 5.50. The zero-order chi connectivity index (χ0) is 14.2. The molecule has 108 valence electrons. The second-order valence-corrected chi connectivity index (χ2v) is 5.35. The minimum absolute atomic E-state index is 0.728. The number of nitrogens with zero attached hydrogens (tertiary/aromatic N) is 1. The lowest BCUT2D eigenvalue weighted by Gasteiger charge is -2.33. The molecule has 1 aliphatic heterocycles. The number of benzene rings is 1. The van der Waals surface area contributed by atoms with Gasteiger partial charge in [-0.2, -0.15) is 0 Å². The van der Waals surface area contributed by atoms with Crippen molar-refractivity contribution in [1.29, 1.82) is 0 Å². The van der Waals surface area contributed by atoms with Crippen molar-refractivity contribution in [1.82, 2.24) is 5.32 Å². The maximum absolute atomic E-state index is 5.50. The fourth-order valence-corrected chi connectivity index (χ4v) is 2.70. The third kappa shape index (κ3) is 4.26. The molecule has 3 heteroatoms. The van der Waals surface area contributed by atoms with E-state index < -0.39 is 0 Å². The molecule has 3 nitrogen and oxygen atoms in total. The van der Waals surface area contributed by atoms with Gasteiger partial charge in [-0.15, -0.1) is 5.92 Å². The molecular weight excluding hydrogens is 246 g/mol. The van der Waals surface area contributed by atoms with Crippen LogP contribution in [0.25, 0.3) is 0 Å². The van der Waals surface area contributed by atoms with Gasteiger partial charge in [0.1, 0.15) is 0 Å². The number of hydrogen-bond donors (Lipinski definition) is 2. The van der Waals surface area contributed by atoms with Crippen LogP contribution in [0.3, 0.4) is 0 Å². The molecule has 1 heterocycles. The zero-order valence-electron chi connectivity index (χ0n) is 12.4. The van der Waals surface area contributed by atoms with Gasteiger partial charge in [0.05, 0.1) is 0 Å². The Hall–Kier alpha value is -1.50. The van der Waals surface area contributed by atoms with Crippen molar-refractivity contribution in [3.8, 4) is 11.8 Å². The quantitative estimate of drug-likeness (QED) is 0.634. The SMILES string of the molecule is CC#Cc1ccc(N2CCC(CNCCN)CC2)cc1. The summed E-state index contributed by atoms with van der Waals surface area (Å²) in [6.07, 6.45) is 2.52. The van der Waals surface area contributed by atoms with E-state index in [0.29, 0.717) is 0 Å². The molecule has 0 spiro atoms. The Bertz CT molecular complexity index is 447. The van der Waals surface area contributed by atoms with E-state index >= 15 is 0 Å². The van der Waals surface area contributed by atoms with Crippen molar-refractivity contribution in [2.24, 2.45) is 11.7 Å². The molecule has 20 heavy (non-hydrogen) atoms. The number of piperidine rings is 1. The summed E-state index contributed by atoms with van der Waals surface area (Å²) < 4.78 is 0. The lowest BCUT2D eigenvalue weighted by molar-refractivity contribution is 0.385. The van der Waals surface area contributed by atoms with Gasteiger partial charge in [0, 0.05) is 37.4 Å². The molecule has 1 aliphatic rings. The molecule has 1 saturated heterocycles. The van der Waals surface area contributed by atoms with Crippen LogP contribution in [0.1, 0.15) is 25.3 Å². The summed E-state index contributed by atoms with van der Waals surface area (Å²) in [7, 11) is 0. The van der Waals surface area contributed by atoms with Crippen molar-refractivity contribution in [3.05, 3.63) is 29.8 Å². The van der Waals surface area contributed by atoms with E-state index in [1.807, 2.05) is 6.92 Å². The van der Waals surface area contributed by atoms with E-state index in [1.165, 1.54) is 18.5 Å². The Morgan fingerprint density at radius 3 is 2.55 bits per heavy atom. The second kappa shape index (κ2) is 7.94. The van der Waals surface area contributed by atoms with E-state index in [4.69, 9.17) is 5.73 Å². The average molecular weight is 271 g/mol. The van der Waals surface area contributed by atoms with E-state index in [1.54, 1.807) is 0 Å². The number of anilines is 1. The predicted octanol–water partition coefficient (Wildman–Crippen LogP) is 1.82. The number of rotatable bonds is 5. The summed E-state index contributed by atoms with van der Waals surface area (Å²) in [6.45, 7) is 6.93. The van der Waals surface area contributed by atoms with E-state index in [2.05, 4.69) is 46.3 Å². The van der Waals surface area contributed by atoms with Crippen LogP contribution in [0.15, 0.2) is 24.3 Å². The Morgan fingerprint density at radius 1 is 1.25 bits per heavy atom. The molecule has 0 unspecified atom stereocenters. The molecule has 0 bridgehead atoms. The third-order valence-electron chi connectivity index (χ3n) is 3.87. The highest BCUT2D eigenvalue weighted by Gasteiger charge is 2.18. The van der Waals surface area contributed by atoms with Gasteiger partial charge in [-0.3, -0.25) is 0 Å². The highest BCUT2D eigenvalue weighted by atomic mass is 15.1. The Balaban J connectivity index is 1.82. The summed E-state index contributed by atoms with van der Waals surface area (Å²) >= 11 is 0. The monoisotopic (exact) mass is 271 g/mol. The molecule has 0 aromatic heterocycles. The highest BCUT2D eigenvalue weighted by Crippen LogP contribution is 2.23. The summed E-state index contributed by atoms with van der Waals surface area (Å²) in [5.74, 6) is 6.81. The summed E-state index contributed by atoms with van der Waals surface area (Å²) in [5.41, 5.74) is 7.91. The van der Waals surface area contributed by atoms with Crippen LogP contribution >= 0.6 is 0 Å². The van der Waals surface area contributed by atoms with Gasteiger partial charge in [-0.1, -0.05) is 5.92 Å². The van der Waals surface area contributed by atoms with Crippen LogP contribution in [-0.4, -0.2) is 32.7 Å². The van der Waals surface area contributed by atoms with Gasteiger partial charge < -0.3 is 16.0 Å². The minimum Gasteiger partial charge on any atom is -0.372 e. The van der Waals surface area contributed by atoms with Crippen molar-refractivity contribution in [3.63, 3.8) is 0 Å². The van der Waals surface area contributed by atoms with Crippen LogP contribution in [0.4, 0.5) is 5.69 Å². The minimum atomic E-state index is 0.728. The first-order chi connectivity index (χ1) is 9.83. The van der Waals surface area contributed by atoms with Crippen molar-refractivity contribution in [2.75, 3.05) is 37.6 Å². The summed E-state index contributed by atoms with van der Waals surface area (Å²) in [6, 6.07) is 8.60. The van der Waals surface area contributed by atoms with Crippen LogP contribution in [-0.2, 0) is 0 Å². The van der Waals surface area contributed by atoms with Crippen molar-refractivity contribution < 1.29 is 0 Å². The zero-order valence-corrected chi connectivity index (χ0v) is 12.4. The Morgan fingerprint density at radius 2 is 1.95 bits per heavy atom. The molecule has 0 saturated carbocycles. The first-order valence-corrected chi connectivity index (χ1v) is 7.52. The molecule has 3 N–H and O–H groups in total. The van der Waals surface area contributed by atoms with Crippen molar-refractivity contribution in [2.45, 2.75) is 19.8 Å². The lowest BCUT2D eigenvalue weighted by atomic mass is 9.96.